The van der Waals surface area contributed by atoms with Crippen molar-refractivity contribution in [1.82, 2.24) is 20.1 Å². The van der Waals surface area contributed by atoms with Gasteiger partial charge in [0.2, 0.25) is 0 Å². The first-order chi connectivity index (χ1) is 14.7. The fraction of sp³-hybridized carbons (Fsp3) is 0.125. The molecule has 1 atom stereocenters. The van der Waals surface area contributed by atoms with Crippen LogP contribution < -0.4 is 10.1 Å². The highest BCUT2D eigenvalue weighted by Crippen LogP contribution is 2.27. The van der Waals surface area contributed by atoms with Crippen molar-refractivity contribution in [2.45, 2.75) is 13.0 Å². The van der Waals surface area contributed by atoms with Crippen LogP contribution in [0.3, 0.4) is 0 Å². The van der Waals surface area contributed by atoms with Crippen molar-refractivity contribution >= 4 is 5.91 Å². The van der Waals surface area contributed by atoms with Crippen molar-refractivity contribution in [2.24, 2.45) is 0 Å². The Hall–Kier alpha value is -3.93. The summed E-state index contributed by atoms with van der Waals surface area (Å²) in [6, 6.07) is 20.8. The number of para-hydroxylation sites is 2. The Morgan fingerprint density at radius 1 is 1.03 bits per heavy atom. The monoisotopic (exact) mass is 398 g/mol. The molecular weight excluding hydrogens is 376 g/mol. The molecule has 0 bridgehead atoms. The topological polar surface area (TPSA) is 69.0 Å². The highest BCUT2D eigenvalue weighted by molar-refractivity contribution is 6.00. The normalized spacial score (nSPS) is 11.7. The first-order valence-electron chi connectivity index (χ1n) is 9.66. The number of rotatable bonds is 6. The van der Waals surface area contributed by atoms with Gasteiger partial charge < -0.3 is 10.1 Å². The molecule has 150 valence electrons. The van der Waals surface area contributed by atoms with Crippen LogP contribution in [0.15, 0.2) is 85.3 Å². The molecule has 2 aromatic carbocycles. The van der Waals surface area contributed by atoms with E-state index in [0.29, 0.717) is 11.3 Å². The lowest BCUT2D eigenvalue weighted by Crippen LogP contribution is -2.27. The minimum atomic E-state index is -0.240. The smallest absolute Gasteiger partial charge is 0.255 e. The van der Waals surface area contributed by atoms with Crippen molar-refractivity contribution in [1.29, 1.82) is 0 Å². The molecule has 0 aliphatic rings. The van der Waals surface area contributed by atoms with Gasteiger partial charge in [0.05, 0.1) is 24.4 Å². The largest absolute Gasteiger partial charge is 0.496 e. The van der Waals surface area contributed by atoms with Crippen molar-refractivity contribution in [3.8, 4) is 22.7 Å². The van der Waals surface area contributed by atoms with Gasteiger partial charge in [-0.25, -0.2) is 4.68 Å². The van der Waals surface area contributed by atoms with Crippen LogP contribution in [0.25, 0.3) is 16.9 Å². The van der Waals surface area contributed by atoms with E-state index in [1.165, 1.54) is 0 Å². The second kappa shape index (κ2) is 8.61. The van der Waals surface area contributed by atoms with E-state index < -0.39 is 0 Å². The number of carbonyl (C=O) groups excluding carboxylic acids is 1. The Kier molecular flexibility index (Phi) is 5.57. The zero-order valence-electron chi connectivity index (χ0n) is 16.8. The lowest BCUT2D eigenvalue weighted by Gasteiger charge is -2.17. The standard InChI is InChI=1S/C24H22N4O2/c1-17(20-12-6-7-13-22(20)30-2)26-24(29)21-16-28(19-10-4-3-5-11-19)27-23(21)18-9-8-14-25-15-18/h3-17H,1-2H3,(H,26,29). The molecule has 6 heteroatoms. The first-order valence-corrected chi connectivity index (χ1v) is 9.66. The van der Waals surface area contributed by atoms with Crippen molar-refractivity contribution < 1.29 is 9.53 Å². The summed E-state index contributed by atoms with van der Waals surface area (Å²) in [6.07, 6.45) is 5.15. The van der Waals surface area contributed by atoms with Crippen LogP contribution in [0.4, 0.5) is 0 Å². The van der Waals surface area contributed by atoms with Crippen LogP contribution in [0.5, 0.6) is 5.75 Å². The molecule has 0 saturated heterocycles. The molecule has 0 aliphatic heterocycles. The van der Waals surface area contributed by atoms with Gasteiger partial charge in [-0.15, -0.1) is 0 Å². The van der Waals surface area contributed by atoms with E-state index in [0.717, 1.165) is 22.6 Å². The average Bonchev–Trinajstić information content (AvgIpc) is 3.26. The molecular formula is C24H22N4O2. The lowest BCUT2D eigenvalue weighted by atomic mass is 10.1. The maximum atomic E-state index is 13.2. The number of pyridine rings is 1. The molecule has 0 aliphatic carbocycles. The molecule has 4 aromatic rings. The number of hydrogen-bond acceptors (Lipinski definition) is 4. The summed E-state index contributed by atoms with van der Waals surface area (Å²) in [6.45, 7) is 1.93. The van der Waals surface area contributed by atoms with Crippen LogP contribution in [0.2, 0.25) is 0 Å². The molecule has 4 rings (SSSR count). The van der Waals surface area contributed by atoms with E-state index in [2.05, 4.69) is 15.4 Å². The van der Waals surface area contributed by atoms with Gasteiger partial charge in [0, 0.05) is 29.7 Å². The number of ether oxygens (including phenoxy) is 1. The summed E-state index contributed by atoms with van der Waals surface area (Å²) in [5.74, 6) is 0.521. The van der Waals surface area contributed by atoms with E-state index in [1.807, 2.05) is 73.7 Å². The van der Waals surface area contributed by atoms with Gasteiger partial charge in [0.25, 0.3) is 5.91 Å². The maximum Gasteiger partial charge on any atom is 0.255 e. The van der Waals surface area contributed by atoms with E-state index in [9.17, 15) is 4.79 Å². The number of aromatic nitrogens is 3. The molecule has 0 saturated carbocycles. The third-order valence-electron chi connectivity index (χ3n) is 4.87. The van der Waals surface area contributed by atoms with Gasteiger partial charge in [-0.1, -0.05) is 36.4 Å². The summed E-state index contributed by atoms with van der Waals surface area (Å²) in [5.41, 5.74) is 3.62. The minimum absolute atomic E-state index is 0.213. The van der Waals surface area contributed by atoms with Gasteiger partial charge >= 0.3 is 0 Å². The molecule has 30 heavy (non-hydrogen) atoms. The van der Waals surface area contributed by atoms with Crippen LogP contribution >= 0.6 is 0 Å². The van der Waals surface area contributed by atoms with Gasteiger partial charge in [0.1, 0.15) is 11.4 Å². The lowest BCUT2D eigenvalue weighted by molar-refractivity contribution is 0.0940. The molecule has 2 heterocycles. The highest BCUT2D eigenvalue weighted by atomic mass is 16.5. The predicted octanol–water partition coefficient (Wildman–Crippen LogP) is 4.43. The molecule has 1 unspecified atom stereocenters. The molecule has 1 N–H and O–H groups in total. The Labute approximate surface area is 175 Å². The van der Waals surface area contributed by atoms with Crippen LogP contribution in [0, 0.1) is 0 Å². The van der Waals surface area contributed by atoms with Crippen molar-refractivity contribution in [2.75, 3.05) is 7.11 Å². The molecule has 1 amide bonds. The third-order valence-corrected chi connectivity index (χ3v) is 4.87. The van der Waals surface area contributed by atoms with Crippen LogP contribution in [0.1, 0.15) is 28.9 Å². The van der Waals surface area contributed by atoms with E-state index in [4.69, 9.17) is 4.74 Å². The van der Waals surface area contributed by atoms with Crippen LogP contribution in [-0.4, -0.2) is 27.8 Å². The summed E-state index contributed by atoms with van der Waals surface area (Å²) in [4.78, 5) is 17.4. The van der Waals surface area contributed by atoms with Gasteiger partial charge in [-0.2, -0.15) is 5.10 Å². The number of nitrogens with one attached hydrogen (secondary N) is 1. The number of amides is 1. The minimum Gasteiger partial charge on any atom is -0.496 e. The van der Waals surface area contributed by atoms with E-state index >= 15 is 0 Å². The second-order valence-corrected chi connectivity index (χ2v) is 6.85. The SMILES string of the molecule is COc1ccccc1C(C)NC(=O)c1cn(-c2ccccc2)nc1-c1cccnc1. The van der Waals surface area contributed by atoms with Gasteiger partial charge in [-0.05, 0) is 37.3 Å². The highest BCUT2D eigenvalue weighted by Gasteiger charge is 2.21. The van der Waals surface area contributed by atoms with Gasteiger partial charge in [-0.3, -0.25) is 9.78 Å². The summed E-state index contributed by atoms with van der Waals surface area (Å²) < 4.78 is 7.15. The Morgan fingerprint density at radius 2 is 1.80 bits per heavy atom. The average molecular weight is 398 g/mol. The molecule has 6 nitrogen and oxygen atoms in total. The Balaban J connectivity index is 1.70. The van der Waals surface area contributed by atoms with Gasteiger partial charge in [0.15, 0.2) is 0 Å². The van der Waals surface area contributed by atoms with Crippen LogP contribution in [-0.2, 0) is 0 Å². The zero-order valence-corrected chi connectivity index (χ0v) is 16.8. The number of hydrogen-bond donors (Lipinski definition) is 1. The predicted molar refractivity (Wildman–Crippen MR) is 116 cm³/mol. The first kappa shape index (κ1) is 19.4. The molecule has 0 fully saturated rings. The van der Waals surface area contributed by atoms with E-state index in [1.54, 1.807) is 30.4 Å². The maximum absolute atomic E-state index is 13.2. The number of benzene rings is 2. The summed E-state index contributed by atoms with van der Waals surface area (Å²) in [7, 11) is 1.62. The number of methoxy groups -OCH3 is 1. The fourth-order valence-corrected chi connectivity index (χ4v) is 3.35. The van der Waals surface area contributed by atoms with Crippen molar-refractivity contribution in [3.05, 3.63) is 96.4 Å². The zero-order chi connectivity index (χ0) is 20.9. The van der Waals surface area contributed by atoms with E-state index in [-0.39, 0.29) is 11.9 Å². The summed E-state index contributed by atoms with van der Waals surface area (Å²) in [5, 5.41) is 7.75. The molecule has 0 spiro atoms. The quantitative estimate of drug-likeness (QED) is 0.522. The molecule has 0 radical (unpaired) electrons. The fourth-order valence-electron chi connectivity index (χ4n) is 3.35. The summed E-state index contributed by atoms with van der Waals surface area (Å²) >= 11 is 0. The number of carbonyl (C=O) groups is 1. The Bertz CT molecular complexity index is 1140. The molecule has 2 aromatic heterocycles. The van der Waals surface area contributed by atoms with Crippen molar-refractivity contribution in [3.63, 3.8) is 0 Å². The second-order valence-electron chi connectivity index (χ2n) is 6.85. The Morgan fingerprint density at radius 3 is 2.53 bits per heavy atom. The number of nitrogens with zero attached hydrogens (tertiary/aromatic N) is 3. The third kappa shape index (κ3) is 3.93.